The van der Waals surface area contributed by atoms with E-state index in [1.54, 1.807) is 25.1 Å². The number of aromatic nitrogens is 4. The molecule has 10 nitrogen and oxygen atoms in total. The molecule has 0 fully saturated rings. The number of anilines is 1. The first-order valence-corrected chi connectivity index (χ1v) is 8.36. The molecule has 0 bridgehead atoms. The molecule has 0 aliphatic rings. The van der Waals surface area contributed by atoms with Crippen LogP contribution in [0.4, 0.5) is 11.5 Å². The van der Waals surface area contributed by atoms with Crippen LogP contribution in [0.5, 0.6) is 0 Å². The first kappa shape index (κ1) is 17.3. The van der Waals surface area contributed by atoms with Crippen molar-refractivity contribution in [1.82, 2.24) is 19.5 Å². The van der Waals surface area contributed by atoms with Gasteiger partial charge >= 0.3 is 11.2 Å². The molecule has 1 unspecified atom stereocenters. The second-order valence-electron chi connectivity index (χ2n) is 5.99. The first-order chi connectivity index (χ1) is 13.5. The Morgan fingerprint density at radius 3 is 2.64 bits per heavy atom. The van der Waals surface area contributed by atoms with Gasteiger partial charge < -0.3 is 9.84 Å². The molecule has 0 spiro atoms. The van der Waals surface area contributed by atoms with Crippen LogP contribution in [0, 0.1) is 10.1 Å². The number of hydrogen-bond acceptors (Lipinski definition) is 8. The summed E-state index contributed by atoms with van der Waals surface area (Å²) >= 11 is 0. The predicted molar refractivity (Wildman–Crippen MR) is 99.9 cm³/mol. The molecule has 1 atom stereocenters. The van der Waals surface area contributed by atoms with E-state index in [1.165, 1.54) is 6.20 Å². The standard InChI is InChI=1S/C18H14N6O4/c1-11(15-21-17(28-22-15)12-7-3-2-4-8-12)19-16-14(24(26)27)18(25)23-10-6-5-9-13(23)20-16/h2-11,19H,1H3. The van der Waals surface area contributed by atoms with Crippen molar-refractivity contribution >= 4 is 17.2 Å². The van der Waals surface area contributed by atoms with E-state index in [1.807, 2.05) is 30.3 Å². The van der Waals surface area contributed by atoms with Crippen molar-refractivity contribution in [2.24, 2.45) is 0 Å². The van der Waals surface area contributed by atoms with Gasteiger partial charge in [-0.15, -0.1) is 0 Å². The zero-order chi connectivity index (χ0) is 19.7. The van der Waals surface area contributed by atoms with Crippen LogP contribution >= 0.6 is 0 Å². The third-order valence-electron chi connectivity index (χ3n) is 4.10. The Morgan fingerprint density at radius 2 is 1.89 bits per heavy atom. The Kier molecular flexibility index (Phi) is 4.28. The normalized spacial score (nSPS) is 12.0. The monoisotopic (exact) mass is 378 g/mol. The lowest BCUT2D eigenvalue weighted by molar-refractivity contribution is -0.385. The van der Waals surface area contributed by atoms with Crippen molar-refractivity contribution in [3.63, 3.8) is 0 Å². The van der Waals surface area contributed by atoms with Crippen molar-refractivity contribution in [3.05, 3.63) is 81.0 Å². The molecule has 1 aromatic carbocycles. The minimum absolute atomic E-state index is 0.153. The third-order valence-corrected chi connectivity index (χ3v) is 4.10. The Hall–Kier alpha value is -4.08. The zero-order valence-electron chi connectivity index (χ0n) is 14.6. The molecule has 140 valence electrons. The highest BCUT2D eigenvalue weighted by atomic mass is 16.6. The zero-order valence-corrected chi connectivity index (χ0v) is 14.6. The van der Waals surface area contributed by atoms with Gasteiger partial charge in [0.05, 0.1) is 11.0 Å². The summed E-state index contributed by atoms with van der Waals surface area (Å²) in [6, 6.07) is 13.5. The lowest BCUT2D eigenvalue weighted by atomic mass is 10.2. The molecule has 3 heterocycles. The molecule has 0 aliphatic heterocycles. The van der Waals surface area contributed by atoms with Crippen LogP contribution in [0.2, 0.25) is 0 Å². The third kappa shape index (κ3) is 3.07. The number of benzene rings is 1. The van der Waals surface area contributed by atoms with E-state index >= 15 is 0 Å². The SMILES string of the molecule is CC(Nc1nc2ccccn2c(=O)c1[N+](=O)[O-])c1noc(-c2ccccc2)n1. The summed E-state index contributed by atoms with van der Waals surface area (Å²) in [4.78, 5) is 31.7. The van der Waals surface area contributed by atoms with Gasteiger partial charge in [0.25, 0.3) is 5.89 Å². The number of nitrogens with zero attached hydrogens (tertiary/aromatic N) is 5. The average molecular weight is 378 g/mol. The van der Waals surface area contributed by atoms with Crippen LogP contribution in [-0.2, 0) is 0 Å². The molecule has 28 heavy (non-hydrogen) atoms. The van der Waals surface area contributed by atoms with E-state index in [0.717, 1.165) is 9.96 Å². The lowest BCUT2D eigenvalue weighted by Crippen LogP contribution is -2.22. The van der Waals surface area contributed by atoms with E-state index < -0.39 is 22.2 Å². The van der Waals surface area contributed by atoms with Gasteiger partial charge in [0.2, 0.25) is 5.82 Å². The maximum absolute atomic E-state index is 12.5. The van der Waals surface area contributed by atoms with Crippen molar-refractivity contribution in [2.45, 2.75) is 13.0 Å². The highest BCUT2D eigenvalue weighted by Crippen LogP contribution is 2.24. The molecular weight excluding hydrogens is 364 g/mol. The molecule has 0 saturated heterocycles. The Balaban J connectivity index is 1.70. The fraction of sp³-hybridized carbons (Fsp3) is 0.111. The summed E-state index contributed by atoms with van der Waals surface area (Å²) < 4.78 is 6.38. The summed E-state index contributed by atoms with van der Waals surface area (Å²) in [6.45, 7) is 1.69. The fourth-order valence-corrected chi connectivity index (χ4v) is 2.72. The molecule has 3 aromatic heterocycles. The highest BCUT2D eigenvalue weighted by Gasteiger charge is 2.26. The Labute approximate surface area is 157 Å². The summed E-state index contributed by atoms with van der Waals surface area (Å²) in [7, 11) is 0. The van der Waals surface area contributed by atoms with Crippen molar-refractivity contribution in [2.75, 3.05) is 5.32 Å². The molecule has 0 aliphatic carbocycles. The van der Waals surface area contributed by atoms with Crippen LogP contribution in [-0.4, -0.2) is 24.4 Å². The first-order valence-electron chi connectivity index (χ1n) is 8.36. The molecule has 4 rings (SSSR count). The van der Waals surface area contributed by atoms with E-state index in [0.29, 0.717) is 5.89 Å². The van der Waals surface area contributed by atoms with Crippen LogP contribution in [0.1, 0.15) is 18.8 Å². The van der Waals surface area contributed by atoms with Crippen molar-refractivity contribution < 1.29 is 9.45 Å². The summed E-state index contributed by atoms with van der Waals surface area (Å²) in [6.07, 6.45) is 1.43. The molecule has 10 heteroatoms. The molecule has 1 N–H and O–H groups in total. The van der Waals surface area contributed by atoms with Crippen LogP contribution in [0.3, 0.4) is 0 Å². The number of nitrogens with one attached hydrogen (secondary N) is 1. The Bertz CT molecular complexity index is 1220. The summed E-state index contributed by atoms with van der Waals surface area (Å²) in [5, 5.41) is 18.2. The summed E-state index contributed by atoms with van der Waals surface area (Å²) in [5.74, 6) is 0.452. The second kappa shape index (κ2) is 6.91. The molecule has 4 aromatic rings. The van der Waals surface area contributed by atoms with Gasteiger partial charge in [-0.1, -0.05) is 29.4 Å². The Morgan fingerprint density at radius 1 is 1.14 bits per heavy atom. The fourth-order valence-electron chi connectivity index (χ4n) is 2.72. The molecule has 0 amide bonds. The van der Waals surface area contributed by atoms with E-state index in [-0.39, 0.29) is 17.3 Å². The summed E-state index contributed by atoms with van der Waals surface area (Å²) in [5.41, 5.74) is -0.391. The van der Waals surface area contributed by atoms with Gasteiger partial charge in [-0.25, -0.2) is 4.98 Å². The van der Waals surface area contributed by atoms with Crippen LogP contribution in [0.25, 0.3) is 17.1 Å². The van der Waals surface area contributed by atoms with Gasteiger partial charge in [-0.05, 0) is 31.2 Å². The lowest BCUT2D eigenvalue weighted by Gasteiger charge is -2.11. The van der Waals surface area contributed by atoms with E-state index in [9.17, 15) is 14.9 Å². The molecular formula is C18H14N6O4. The molecule has 0 radical (unpaired) electrons. The predicted octanol–water partition coefficient (Wildman–Crippen LogP) is 2.83. The minimum atomic E-state index is -0.775. The van der Waals surface area contributed by atoms with Crippen LogP contribution < -0.4 is 10.9 Å². The maximum atomic E-state index is 12.5. The van der Waals surface area contributed by atoms with Crippen molar-refractivity contribution in [1.29, 1.82) is 0 Å². The van der Waals surface area contributed by atoms with Gasteiger partial charge in [0.15, 0.2) is 5.82 Å². The number of hydrogen-bond donors (Lipinski definition) is 1. The number of rotatable bonds is 5. The van der Waals surface area contributed by atoms with Crippen molar-refractivity contribution in [3.8, 4) is 11.5 Å². The quantitative estimate of drug-likeness (QED) is 0.415. The topological polar surface area (TPSA) is 128 Å². The largest absolute Gasteiger partial charge is 0.376 e. The van der Waals surface area contributed by atoms with Gasteiger partial charge in [0, 0.05) is 11.8 Å². The second-order valence-corrected chi connectivity index (χ2v) is 5.99. The van der Waals surface area contributed by atoms with Gasteiger partial charge in [-0.3, -0.25) is 19.3 Å². The average Bonchev–Trinajstić information content (AvgIpc) is 3.19. The highest BCUT2D eigenvalue weighted by molar-refractivity contribution is 5.60. The number of fused-ring (bicyclic) bond motifs is 1. The molecule has 0 saturated carbocycles. The number of pyridine rings is 1. The van der Waals surface area contributed by atoms with E-state index in [4.69, 9.17) is 4.52 Å². The minimum Gasteiger partial charge on any atom is -0.354 e. The maximum Gasteiger partial charge on any atom is 0.376 e. The van der Waals surface area contributed by atoms with E-state index in [2.05, 4.69) is 20.4 Å². The van der Waals surface area contributed by atoms with Crippen LogP contribution in [0.15, 0.2) is 64.0 Å². The van der Waals surface area contributed by atoms with Gasteiger partial charge in [0.1, 0.15) is 5.65 Å². The number of nitro groups is 1. The smallest absolute Gasteiger partial charge is 0.354 e. The van der Waals surface area contributed by atoms with Gasteiger partial charge in [-0.2, -0.15) is 4.98 Å².